The van der Waals surface area contributed by atoms with Crippen LogP contribution in [0.15, 0.2) is 42.5 Å². The molecule has 1 N–H and O–H groups in total. The highest BCUT2D eigenvalue weighted by atomic mass is 32.2. The van der Waals surface area contributed by atoms with Crippen LogP contribution in [0.3, 0.4) is 0 Å². The van der Waals surface area contributed by atoms with Gasteiger partial charge in [-0.2, -0.15) is 0 Å². The number of fused-ring (bicyclic) bond motifs is 2. The van der Waals surface area contributed by atoms with Crippen molar-refractivity contribution < 1.29 is 13.2 Å². The molecular weight excluding hydrogens is 400 g/mol. The second-order valence-corrected chi connectivity index (χ2v) is 9.98. The number of sulfonamides is 1. The first-order chi connectivity index (χ1) is 14.4. The van der Waals surface area contributed by atoms with E-state index in [0.29, 0.717) is 30.8 Å². The molecule has 2 aromatic carbocycles. The maximum atomic E-state index is 13.4. The molecule has 1 aromatic heterocycles. The number of amides is 1. The number of nitrogens with zero attached hydrogens (tertiary/aromatic N) is 3. The highest BCUT2D eigenvalue weighted by Crippen LogP contribution is 2.34. The normalized spacial score (nSPS) is 19.3. The first-order valence-corrected chi connectivity index (χ1v) is 12.1. The molecule has 0 saturated carbocycles. The number of anilines is 1. The number of piperidine rings is 1. The van der Waals surface area contributed by atoms with Crippen LogP contribution in [-0.4, -0.2) is 48.5 Å². The fourth-order valence-corrected chi connectivity index (χ4v) is 5.56. The Labute approximate surface area is 175 Å². The molecule has 0 unspecified atom stereocenters. The molecule has 3 aromatic rings. The summed E-state index contributed by atoms with van der Waals surface area (Å²) >= 11 is 0. The van der Waals surface area contributed by atoms with Crippen molar-refractivity contribution in [2.24, 2.45) is 0 Å². The van der Waals surface area contributed by atoms with Gasteiger partial charge in [-0.15, -0.1) is 0 Å². The van der Waals surface area contributed by atoms with Crippen molar-refractivity contribution in [3.63, 3.8) is 0 Å². The zero-order valence-corrected chi connectivity index (χ0v) is 17.7. The van der Waals surface area contributed by atoms with Crippen LogP contribution in [0, 0.1) is 0 Å². The fraction of sp³-hybridized carbons (Fsp3) is 0.364. The number of carbonyl (C=O) groups is 1. The third-order valence-corrected chi connectivity index (χ3v) is 7.25. The van der Waals surface area contributed by atoms with Crippen molar-refractivity contribution in [2.75, 3.05) is 23.7 Å². The van der Waals surface area contributed by atoms with Gasteiger partial charge in [0.2, 0.25) is 10.0 Å². The molecule has 3 heterocycles. The van der Waals surface area contributed by atoms with Crippen LogP contribution in [0.4, 0.5) is 5.69 Å². The van der Waals surface area contributed by atoms with Crippen LogP contribution in [-0.2, 0) is 16.4 Å². The predicted octanol–water partition coefficient (Wildman–Crippen LogP) is 3.25. The number of carbonyl (C=O) groups excluding carboxylic acids is 1. The van der Waals surface area contributed by atoms with E-state index >= 15 is 0 Å². The first-order valence-electron chi connectivity index (χ1n) is 10.3. The van der Waals surface area contributed by atoms with Crippen molar-refractivity contribution in [3.8, 4) is 0 Å². The van der Waals surface area contributed by atoms with Gasteiger partial charge in [0.05, 0.1) is 29.0 Å². The number of hydrogen-bond acceptors (Lipinski definition) is 4. The molecule has 1 amide bonds. The largest absolute Gasteiger partial charge is 0.340 e. The summed E-state index contributed by atoms with van der Waals surface area (Å²) in [5, 5.41) is 0. The maximum absolute atomic E-state index is 13.4. The summed E-state index contributed by atoms with van der Waals surface area (Å²) in [6.45, 7) is 1.12. The molecule has 0 bridgehead atoms. The summed E-state index contributed by atoms with van der Waals surface area (Å²) in [6.07, 6.45) is 4.73. The van der Waals surface area contributed by atoms with Gasteiger partial charge in [-0.05, 0) is 61.6 Å². The second kappa shape index (κ2) is 7.12. The van der Waals surface area contributed by atoms with Crippen LogP contribution in [0.5, 0.6) is 0 Å². The Hall–Kier alpha value is -2.87. The highest BCUT2D eigenvalue weighted by Gasteiger charge is 2.32. The number of nitrogens with one attached hydrogen (secondary N) is 1. The standard InChI is InChI=1S/C22H24N4O3S/c1-30(28,29)26-13-11-15-14-16(9-10-19(15)26)22(27)25-12-5-4-8-20(25)21-23-17-6-2-3-7-18(17)24-21/h2-3,6-7,9-10,14,20H,4-5,8,11-13H2,1H3,(H,23,24)/t20-/m1/s1. The maximum Gasteiger partial charge on any atom is 0.254 e. The Morgan fingerprint density at radius 3 is 2.77 bits per heavy atom. The molecule has 7 nitrogen and oxygen atoms in total. The Kier molecular flexibility index (Phi) is 4.54. The van der Waals surface area contributed by atoms with Gasteiger partial charge in [-0.1, -0.05) is 12.1 Å². The van der Waals surface area contributed by atoms with E-state index in [-0.39, 0.29) is 11.9 Å². The van der Waals surface area contributed by atoms with E-state index in [4.69, 9.17) is 4.98 Å². The van der Waals surface area contributed by atoms with E-state index in [1.54, 1.807) is 12.1 Å². The summed E-state index contributed by atoms with van der Waals surface area (Å²) in [5.41, 5.74) is 4.07. The van der Waals surface area contributed by atoms with Crippen molar-refractivity contribution in [3.05, 3.63) is 59.4 Å². The molecular formula is C22H24N4O3S. The molecule has 0 aliphatic carbocycles. The lowest BCUT2D eigenvalue weighted by atomic mass is 9.99. The lowest BCUT2D eigenvalue weighted by Gasteiger charge is -2.34. The van der Waals surface area contributed by atoms with Gasteiger partial charge < -0.3 is 9.88 Å². The molecule has 1 saturated heterocycles. The van der Waals surface area contributed by atoms with Crippen LogP contribution in [0.1, 0.15) is 47.1 Å². The molecule has 2 aliphatic rings. The molecule has 1 fully saturated rings. The van der Waals surface area contributed by atoms with Crippen LogP contribution < -0.4 is 4.31 Å². The van der Waals surface area contributed by atoms with E-state index in [0.717, 1.165) is 41.7 Å². The van der Waals surface area contributed by atoms with Crippen LogP contribution in [0.25, 0.3) is 11.0 Å². The number of rotatable bonds is 3. The van der Waals surface area contributed by atoms with Crippen LogP contribution in [0.2, 0.25) is 0 Å². The zero-order chi connectivity index (χ0) is 20.9. The quantitative estimate of drug-likeness (QED) is 0.699. The van der Waals surface area contributed by atoms with E-state index < -0.39 is 10.0 Å². The van der Waals surface area contributed by atoms with E-state index in [1.807, 2.05) is 35.2 Å². The van der Waals surface area contributed by atoms with Crippen LogP contribution >= 0.6 is 0 Å². The van der Waals surface area contributed by atoms with Gasteiger partial charge in [0.25, 0.3) is 5.91 Å². The molecule has 5 rings (SSSR count). The lowest BCUT2D eigenvalue weighted by Crippen LogP contribution is -2.39. The van der Waals surface area contributed by atoms with Crippen molar-refractivity contribution in [2.45, 2.75) is 31.7 Å². The number of H-pyrrole nitrogens is 1. The highest BCUT2D eigenvalue weighted by molar-refractivity contribution is 7.92. The average molecular weight is 425 g/mol. The minimum absolute atomic E-state index is 0.0271. The Morgan fingerprint density at radius 1 is 1.13 bits per heavy atom. The lowest BCUT2D eigenvalue weighted by molar-refractivity contribution is 0.0601. The Balaban J connectivity index is 1.46. The summed E-state index contributed by atoms with van der Waals surface area (Å²) in [5.74, 6) is 0.800. The fourth-order valence-electron chi connectivity index (χ4n) is 4.60. The van der Waals surface area contributed by atoms with Gasteiger partial charge in [0.1, 0.15) is 5.82 Å². The number of likely N-dealkylation sites (tertiary alicyclic amines) is 1. The summed E-state index contributed by atoms with van der Waals surface area (Å²) in [4.78, 5) is 23.5. The molecule has 1 atom stereocenters. The number of hydrogen-bond donors (Lipinski definition) is 1. The zero-order valence-electron chi connectivity index (χ0n) is 16.8. The van der Waals surface area contributed by atoms with Crippen molar-refractivity contribution in [1.29, 1.82) is 0 Å². The molecule has 2 aliphatic heterocycles. The summed E-state index contributed by atoms with van der Waals surface area (Å²) < 4.78 is 25.4. The van der Waals surface area contributed by atoms with Crippen molar-refractivity contribution >= 4 is 32.7 Å². The third kappa shape index (κ3) is 3.25. The number of aromatic nitrogens is 2. The minimum Gasteiger partial charge on any atom is -0.340 e. The number of imidazole rings is 1. The summed E-state index contributed by atoms with van der Waals surface area (Å²) in [7, 11) is -3.30. The smallest absolute Gasteiger partial charge is 0.254 e. The molecule has 156 valence electrons. The van der Waals surface area contributed by atoms with Crippen molar-refractivity contribution in [1.82, 2.24) is 14.9 Å². The third-order valence-electron chi connectivity index (χ3n) is 6.07. The van der Waals surface area contributed by atoms with Gasteiger partial charge in [0, 0.05) is 18.7 Å². The first kappa shape index (κ1) is 19.1. The molecule has 30 heavy (non-hydrogen) atoms. The van der Waals surface area contributed by atoms with E-state index in [1.165, 1.54) is 10.6 Å². The minimum atomic E-state index is -3.30. The SMILES string of the molecule is CS(=O)(=O)N1CCc2cc(C(=O)N3CCCC[C@@H]3c3nc4ccccc4[nH]3)ccc21. The van der Waals surface area contributed by atoms with E-state index in [2.05, 4.69) is 4.98 Å². The summed E-state index contributed by atoms with van der Waals surface area (Å²) in [6, 6.07) is 13.2. The second-order valence-electron chi connectivity index (χ2n) is 8.08. The predicted molar refractivity (Wildman–Crippen MR) is 116 cm³/mol. The monoisotopic (exact) mass is 424 g/mol. The molecule has 0 radical (unpaired) electrons. The van der Waals surface area contributed by atoms with Gasteiger partial charge in [0.15, 0.2) is 0 Å². The number of aromatic amines is 1. The molecule has 8 heteroatoms. The van der Waals surface area contributed by atoms with Gasteiger partial charge in [-0.3, -0.25) is 9.10 Å². The Bertz CT molecular complexity index is 1200. The van der Waals surface area contributed by atoms with Gasteiger partial charge in [-0.25, -0.2) is 13.4 Å². The number of benzene rings is 2. The van der Waals surface area contributed by atoms with E-state index in [9.17, 15) is 13.2 Å². The average Bonchev–Trinajstić information content (AvgIpc) is 3.36. The topological polar surface area (TPSA) is 86.4 Å². The number of para-hydroxylation sites is 2. The van der Waals surface area contributed by atoms with Gasteiger partial charge >= 0.3 is 0 Å². The Morgan fingerprint density at radius 2 is 1.97 bits per heavy atom. The molecule has 0 spiro atoms.